The molecule has 1 saturated heterocycles. The first-order valence-corrected chi connectivity index (χ1v) is 8.96. The number of rotatable bonds is 4. The summed E-state index contributed by atoms with van der Waals surface area (Å²) in [5.74, 6) is 0.311. The molecule has 120 valence electrons. The molecule has 0 spiro atoms. The summed E-state index contributed by atoms with van der Waals surface area (Å²) in [6, 6.07) is 0.401. The molecule has 1 aliphatic rings. The van der Waals surface area contributed by atoms with Crippen LogP contribution in [0.3, 0.4) is 0 Å². The predicted molar refractivity (Wildman–Crippen MR) is 82.7 cm³/mol. The minimum Gasteiger partial charge on any atom is -0.314 e. The fourth-order valence-corrected chi connectivity index (χ4v) is 5.10. The van der Waals surface area contributed by atoms with E-state index in [4.69, 9.17) is 0 Å². The molecular formula is C14H26N4O2S. The Kier molecular flexibility index (Phi) is 4.75. The molecule has 1 aliphatic heterocycles. The molecule has 0 bridgehead atoms. The van der Waals surface area contributed by atoms with Crippen LogP contribution in [0.1, 0.15) is 31.7 Å². The Balaban J connectivity index is 2.26. The molecule has 0 saturated carbocycles. The summed E-state index contributed by atoms with van der Waals surface area (Å²) < 4.78 is 29.1. The van der Waals surface area contributed by atoms with Crippen molar-refractivity contribution in [2.75, 3.05) is 19.6 Å². The molecule has 6 nitrogen and oxygen atoms in total. The van der Waals surface area contributed by atoms with E-state index < -0.39 is 10.0 Å². The van der Waals surface area contributed by atoms with Gasteiger partial charge in [0.05, 0.1) is 11.4 Å². The van der Waals surface area contributed by atoms with Gasteiger partial charge >= 0.3 is 0 Å². The van der Waals surface area contributed by atoms with Gasteiger partial charge in [0.25, 0.3) is 0 Å². The SMILES string of the molecule is CCNC1CCN(S(=O)(=O)c2c(C)nn(C)c2C)CC1C. The molecule has 7 heteroatoms. The normalized spacial score (nSPS) is 24.4. The van der Waals surface area contributed by atoms with E-state index in [1.807, 2.05) is 6.92 Å². The Bertz CT molecular complexity index is 609. The highest BCUT2D eigenvalue weighted by molar-refractivity contribution is 7.89. The minimum atomic E-state index is -3.45. The van der Waals surface area contributed by atoms with Crippen molar-refractivity contribution in [1.29, 1.82) is 0 Å². The van der Waals surface area contributed by atoms with Crippen LogP contribution in [0.2, 0.25) is 0 Å². The van der Waals surface area contributed by atoms with Crippen molar-refractivity contribution in [3.63, 3.8) is 0 Å². The largest absolute Gasteiger partial charge is 0.314 e. The van der Waals surface area contributed by atoms with Gasteiger partial charge < -0.3 is 5.32 Å². The van der Waals surface area contributed by atoms with E-state index in [0.29, 0.717) is 41.3 Å². The number of piperidine rings is 1. The maximum Gasteiger partial charge on any atom is 0.246 e. The number of sulfonamides is 1. The fourth-order valence-electron chi connectivity index (χ4n) is 3.15. The number of hydrogen-bond acceptors (Lipinski definition) is 4. The smallest absolute Gasteiger partial charge is 0.246 e. The fraction of sp³-hybridized carbons (Fsp3) is 0.786. The zero-order chi connectivity index (χ0) is 15.8. The van der Waals surface area contributed by atoms with E-state index >= 15 is 0 Å². The molecule has 1 fully saturated rings. The topological polar surface area (TPSA) is 67.2 Å². The summed E-state index contributed by atoms with van der Waals surface area (Å²) in [5, 5.41) is 7.67. The third-order valence-electron chi connectivity index (χ3n) is 4.37. The Morgan fingerprint density at radius 3 is 2.52 bits per heavy atom. The summed E-state index contributed by atoms with van der Waals surface area (Å²) in [7, 11) is -1.67. The number of aromatic nitrogens is 2. The first-order valence-electron chi connectivity index (χ1n) is 7.52. The molecule has 21 heavy (non-hydrogen) atoms. The van der Waals surface area contributed by atoms with Crippen LogP contribution in [0.25, 0.3) is 0 Å². The van der Waals surface area contributed by atoms with Gasteiger partial charge in [-0.15, -0.1) is 0 Å². The van der Waals surface area contributed by atoms with Crippen molar-refractivity contribution in [2.24, 2.45) is 13.0 Å². The highest BCUT2D eigenvalue weighted by Crippen LogP contribution is 2.27. The highest BCUT2D eigenvalue weighted by Gasteiger charge is 2.35. The number of aryl methyl sites for hydroxylation is 2. The summed E-state index contributed by atoms with van der Waals surface area (Å²) >= 11 is 0. The lowest BCUT2D eigenvalue weighted by molar-refractivity contribution is 0.222. The quantitative estimate of drug-likeness (QED) is 0.902. The molecule has 0 radical (unpaired) electrons. The molecule has 2 unspecified atom stereocenters. The van der Waals surface area contributed by atoms with E-state index in [-0.39, 0.29) is 0 Å². The van der Waals surface area contributed by atoms with E-state index in [2.05, 4.69) is 24.3 Å². The van der Waals surface area contributed by atoms with Gasteiger partial charge in [-0.3, -0.25) is 4.68 Å². The average molecular weight is 314 g/mol. The van der Waals surface area contributed by atoms with Crippen molar-refractivity contribution in [2.45, 2.75) is 45.1 Å². The van der Waals surface area contributed by atoms with Crippen LogP contribution in [0.4, 0.5) is 0 Å². The van der Waals surface area contributed by atoms with Crippen molar-refractivity contribution in [3.8, 4) is 0 Å². The van der Waals surface area contributed by atoms with Gasteiger partial charge in [0.1, 0.15) is 4.90 Å². The lowest BCUT2D eigenvalue weighted by Gasteiger charge is -2.36. The molecule has 2 rings (SSSR count). The van der Waals surface area contributed by atoms with E-state index in [1.54, 1.807) is 23.0 Å². The molecular weight excluding hydrogens is 288 g/mol. The summed E-state index contributed by atoms with van der Waals surface area (Å²) in [6.07, 6.45) is 0.854. The van der Waals surface area contributed by atoms with Crippen LogP contribution in [-0.4, -0.2) is 48.2 Å². The standard InChI is InChI=1S/C14H26N4O2S/c1-6-15-13-7-8-18(9-10(13)2)21(19,20)14-11(3)16-17(5)12(14)4/h10,13,15H,6-9H2,1-5H3. The predicted octanol–water partition coefficient (Wildman–Crippen LogP) is 1.05. The maximum atomic E-state index is 12.9. The first-order chi connectivity index (χ1) is 9.78. The summed E-state index contributed by atoms with van der Waals surface area (Å²) in [5.41, 5.74) is 1.28. The van der Waals surface area contributed by atoms with Crippen LogP contribution < -0.4 is 5.32 Å². The van der Waals surface area contributed by atoms with Crippen LogP contribution in [0.5, 0.6) is 0 Å². The second-order valence-corrected chi connectivity index (χ2v) is 7.79. The lowest BCUT2D eigenvalue weighted by Crippen LogP contribution is -2.50. The number of nitrogens with one attached hydrogen (secondary N) is 1. The van der Waals surface area contributed by atoms with Gasteiger partial charge in [0.15, 0.2) is 0 Å². The van der Waals surface area contributed by atoms with Crippen molar-refractivity contribution < 1.29 is 8.42 Å². The van der Waals surface area contributed by atoms with E-state index in [1.165, 1.54) is 0 Å². The van der Waals surface area contributed by atoms with Crippen LogP contribution in [-0.2, 0) is 17.1 Å². The molecule has 1 aromatic heterocycles. The third-order valence-corrected chi connectivity index (χ3v) is 6.49. The first kappa shape index (κ1) is 16.5. The minimum absolute atomic E-state index is 0.311. The zero-order valence-corrected chi connectivity index (χ0v) is 14.4. The third kappa shape index (κ3) is 3.00. The van der Waals surface area contributed by atoms with Gasteiger partial charge in [-0.05, 0) is 32.7 Å². The van der Waals surface area contributed by atoms with Gasteiger partial charge in [0.2, 0.25) is 10.0 Å². The molecule has 2 heterocycles. The van der Waals surface area contributed by atoms with Crippen LogP contribution >= 0.6 is 0 Å². The number of hydrogen-bond donors (Lipinski definition) is 1. The Morgan fingerprint density at radius 1 is 1.38 bits per heavy atom. The van der Waals surface area contributed by atoms with Gasteiger partial charge in [-0.1, -0.05) is 13.8 Å². The highest BCUT2D eigenvalue weighted by atomic mass is 32.2. The van der Waals surface area contributed by atoms with Crippen molar-refractivity contribution >= 4 is 10.0 Å². The number of nitrogens with zero attached hydrogens (tertiary/aromatic N) is 3. The van der Waals surface area contributed by atoms with Crippen molar-refractivity contribution in [3.05, 3.63) is 11.4 Å². The monoisotopic (exact) mass is 314 g/mol. The summed E-state index contributed by atoms with van der Waals surface area (Å²) in [4.78, 5) is 0.374. The Hall–Kier alpha value is -0.920. The van der Waals surface area contributed by atoms with Crippen LogP contribution in [0.15, 0.2) is 4.90 Å². The van der Waals surface area contributed by atoms with Gasteiger partial charge in [-0.25, -0.2) is 8.42 Å². The maximum absolute atomic E-state index is 12.9. The zero-order valence-electron chi connectivity index (χ0n) is 13.5. The van der Waals surface area contributed by atoms with E-state index in [0.717, 1.165) is 13.0 Å². The molecule has 1 aromatic rings. The molecule has 2 atom stereocenters. The van der Waals surface area contributed by atoms with E-state index in [9.17, 15) is 8.42 Å². The van der Waals surface area contributed by atoms with Gasteiger partial charge in [-0.2, -0.15) is 9.40 Å². The van der Waals surface area contributed by atoms with Gasteiger partial charge in [0, 0.05) is 26.2 Å². The molecule has 0 amide bonds. The Labute approximate surface area is 127 Å². The molecule has 0 aromatic carbocycles. The second kappa shape index (κ2) is 6.06. The summed E-state index contributed by atoms with van der Waals surface area (Å²) in [6.45, 7) is 9.81. The lowest BCUT2D eigenvalue weighted by atomic mass is 9.95. The van der Waals surface area contributed by atoms with Crippen LogP contribution in [0, 0.1) is 19.8 Å². The van der Waals surface area contributed by atoms with Crippen molar-refractivity contribution in [1.82, 2.24) is 19.4 Å². The Morgan fingerprint density at radius 2 is 2.05 bits per heavy atom. The molecule has 0 aliphatic carbocycles. The average Bonchev–Trinajstić information content (AvgIpc) is 2.66. The second-order valence-electron chi connectivity index (χ2n) is 5.92. The molecule has 1 N–H and O–H groups in total.